The Balaban J connectivity index is 1.44. The number of benzene rings is 5. The third-order valence-electron chi connectivity index (χ3n) is 12.0. The van der Waals surface area contributed by atoms with Crippen LogP contribution in [0.5, 0.6) is 11.5 Å². The van der Waals surface area contributed by atoms with Gasteiger partial charge in [0.25, 0.3) is 0 Å². The van der Waals surface area contributed by atoms with Gasteiger partial charge < -0.3 is 14.2 Å². The molecular formula is C43H29Cl2F3N2O4S3. The number of anilines is 1. The maximum atomic E-state index is 16.6. The molecule has 0 fully saturated rings. The van der Waals surface area contributed by atoms with Gasteiger partial charge in [-0.2, -0.15) is 0 Å². The van der Waals surface area contributed by atoms with E-state index in [2.05, 4.69) is 27.7 Å². The van der Waals surface area contributed by atoms with E-state index in [1.165, 1.54) is 22.7 Å². The van der Waals surface area contributed by atoms with Gasteiger partial charge in [0.15, 0.2) is 33.7 Å². The number of thiophene rings is 2. The van der Waals surface area contributed by atoms with Gasteiger partial charge in [-0.05, 0) is 43.5 Å². The molecule has 0 amide bonds. The largest absolute Gasteiger partial charge is 0.744 e. The average Bonchev–Trinajstić information content (AvgIpc) is 3.74. The van der Waals surface area contributed by atoms with Crippen LogP contribution in [-0.4, -0.2) is 27.1 Å². The SMILES string of the molecule is CN1c2c(cc3c(c2Cl)Oc2c(Cl)c4c(cc2=C3c2c(F)c(F)cc(F)c2S(=O)(=O)[O-])-c2sc3ccccc3c2C(C)(C)[N+]=4C)-c2sc3ccccc3c2C1(C)C. The van der Waals surface area contributed by atoms with Gasteiger partial charge in [0.05, 0.1) is 21.7 Å². The van der Waals surface area contributed by atoms with Crippen molar-refractivity contribution in [3.8, 4) is 32.4 Å². The van der Waals surface area contributed by atoms with E-state index in [-0.39, 0.29) is 44.0 Å². The number of fused-ring (bicyclic) bond motifs is 12. The highest BCUT2D eigenvalue weighted by Crippen LogP contribution is 2.59. The van der Waals surface area contributed by atoms with E-state index in [1.807, 2.05) is 72.1 Å². The zero-order chi connectivity index (χ0) is 40.4. The molecule has 288 valence electrons. The maximum Gasteiger partial charge on any atom is 0.231 e. The Labute approximate surface area is 343 Å². The normalized spacial score (nSPS) is 16.2. The minimum absolute atomic E-state index is 0.0219. The first-order valence-electron chi connectivity index (χ1n) is 17.8. The smallest absolute Gasteiger partial charge is 0.231 e. The molecule has 0 atom stereocenters. The maximum absolute atomic E-state index is 16.6. The quantitative estimate of drug-likeness (QED) is 0.0984. The van der Waals surface area contributed by atoms with Crippen LogP contribution >= 0.6 is 45.9 Å². The monoisotopic (exact) mass is 860 g/mol. The third-order valence-corrected chi connectivity index (χ3v) is 16.0. The van der Waals surface area contributed by atoms with Crippen molar-refractivity contribution in [1.29, 1.82) is 0 Å². The Hall–Kier alpha value is -4.43. The highest BCUT2D eigenvalue weighted by Gasteiger charge is 2.45. The number of rotatable bonds is 2. The van der Waals surface area contributed by atoms with Crippen molar-refractivity contribution < 1.29 is 30.9 Å². The summed E-state index contributed by atoms with van der Waals surface area (Å²) < 4.78 is 97.6. The van der Waals surface area contributed by atoms with Crippen molar-refractivity contribution in [3.05, 3.63) is 127 Å². The molecule has 0 saturated heterocycles. The van der Waals surface area contributed by atoms with Crippen LogP contribution in [0.2, 0.25) is 10.0 Å². The number of hydrogen-bond donors (Lipinski definition) is 0. The first kappa shape index (κ1) is 36.9. The van der Waals surface area contributed by atoms with Crippen LogP contribution in [0.25, 0.3) is 46.6 Å². The highest BCUT2D eigenvalue weighted by atomic mass is 35.5. The summed E-state index contributed by atoms with van der Waals surface area (Å²) in [6, 6.07) is 19.3. The standard InChI is InChI=1S/C43H29Cl2F3N2O4S3/c1-42(2)30-18-11-7-9-13-26(18)55-39(30)22-15-20-28(29-34(48)24(46)17-25(47)41(29)57(51,52)53)21-16-23-36(33(45)38(21)54-37(20)32(44)35(22)49(42)5)50(6)43(3,4)31-19-12-8-10-14-27(19)56-40(23)31/h7-17H,1-6H3. The molecule has 14 heteroatoms. The Bertz CT molecular complexity index is 3300. The summed E-state index contributed by atoms with van der Waals surface area (Å²) in [5.74, 6) is -5.26. The topological polar surface area (TPSA) is 72.7 Å². The number of nitrogens with zero attached hydrogens (tertiary/aromatic N) is 2. The molecule has 3 aliphatic rings. The van der Waals surface area contributed by atoms with Crippen LogP contribution in [0.3, 0.4) is 0 Å². The van der Waals surface area contributed by atoms with Gasteiger partial charge in [-0.15, -0.1) is 22.7 Å². The highest BCUT2D eigenvalue weighted by molar-refractivity contribution is 7.85. The van der Waals surface area contributed by atoms with Crippen molar-refractivity contribution in [2.24, 2.45) is 0 Å². The van der Waals surface area contributed by atoms with E-state index in [4.69, 9.17) is 27.9 Å². The fourth-order valence-electron chi connectivity index (χ4n) is 8.96. The van der Waals surface area contributed by atoms with E-state index in [0.717, 1.165) is 41.1 Å². The molecule has 0 aliphatic carbocycles. The minimum atomic E-state index is -5.76. The second-order valence-electron chi connectivity index (χ2n) is 15.6. The summed E-state index contributed by atoms with van der Waals surface area (Å²) in [6.07, 6.45) is 0. The molecule has 57 heavy (non-hydrogen) atoms. The Kier molecular flexibility index (Phi) is 7.66. The molecule has 10 rings (SSSR count). The van der Waals surface area contributed by atoms with Gasteiger partial charge in [0, 0.05) is 85.2 Å². The first-order valence-corrected chi connectivity index (χ1v) is 21.6. The van der Waals surface area contributed by atoms with Crippen LogP contribution in [-0.2, 0) is 21.2 Å². The lowest BCUT2D eigenvalue weighted by atomic mass is 9.81. The molecule has 3 aliphatic heterocycles. The summed E-state index contributed by atoms with van der Waals surface area (Å²) in [6.45, 7) is 8.26. The van der Waals surface area contributed by atoms with E-state index in [1.54, 1.807) is 12.1 Å². The van der Waals surface area contributed by atoms with Crippen molar-refractivity contribution in [2.75, 3.05) is 19.0 Å². The lowest BCUT2D eigenvalue weighted by Gasteiger charge is -2.44. The van der Waals surface area contributed by atoms with Crippen molar-refractivity contribution in [3.63, 3.8) is 0 Å². The van der Waals surface area contributed by atoms with E-state index >= 15 is 13.2 Å². The predicted molar refractivity (Wildman–Crippen MR) is 221 cm³/mol. The van der Waals surface area contributed by atoms with Crippen molar-refractivity contribution in [2.45, 2.75) is 43.7 Å². The van der Waals surface area contributed by atoms with Gasteiger partial charge >= 0.3 is 0 Å². The molecule has 7 aromatic rings. The summed E-state index contributed by atoms with van der Waals surface area (Å²) in [5, 5.41) is 2.76. The molecular weight excluding hydrogens is 833 g/mol. The predicted octanol–water partition coefficient (Wildman–Crippen LogP) is 10.5. The van der Waals surface area contributed by atoms with Crippen LogP contribution in [0.15, 0.2) is 71.6 Å². The van der Waals surface area contributed by atoms with Crippen LogP contribution in [0, 0.1) is 17.5 Å². The lowest BCUT2D eigenvalue weighted by molar-refractivity contribution is 0.371. The number of hydrogen-bond acceptors (Lipinski definition) is 7. The summed E-state index contributed by atoms with van der Waals surface area (Å²) in [5.41, 5.74) is 1.18. The summed E-state index contributed by atoms with van der Waals surface area (Å²) in [4.78, 5) is 2.15. The number of ether oxygens (including phenoxy) is 1. The van der Waals surface area contributed by atoms with Gasteiger partial charge in [-0.3, -0.25) is 0 Å². The molecule has 0 N–H and O–H groups in total. The molecule has 0 radical (unpaired) electrons. The molecule has 2 aromatic heterocycles. The van der Waals surface area contributed by atoms with Crippen molar-refractivity contribution in [1.82, 2.24) is 4.58 Å². The zero-order valence-electron chi connectivity index (χ0n) is 31.0. The van der Waals surface area contributed by atoms with Gasteiger partial charge in [0.2, 0.25) is 5.36 Å². The average molecular weight is 862 g/mol. The molecule has 0 bridgehead atoms. The summed E-state index contributed by atoms with van der Waals surface area (Å²) in [7, 11) is -1.99. The fourth-order valence-corrected chi connectivity index (χ4v) is 13.2. The molecule has 0 saturated carbocycles. The first-order chi connectivity index (χ1) is 26.9. The second-order valence-corrected chi connectivity index (χ2v) is 19.7. The molecule has 5 aromatic carbocycles. The van der Waals surface area contributed by atoms with E-state index < -0.39 is 49.1 Å². The van der Waals surface area contributed by atoms with Gasteiger partial charge in [0.1, 0.15) is 32.9 Å². The van der Waals surface area contributed by atoms with Gasteiger partial charge in [-0.1, -0.05) is 59.6 Å². The lowest BCUT2D eigenvalue weighted by Crippen LogP contribution is -2.46. The Morgan fingerprint density at radius 1 is 0.789 bits per heavy atom. The molecule has 5 heterocycles. The second kappa shape index (κ2) is 11.8. The van der Waals surface area contributed by atoms with Crippen LogP contribution < -0.4 is 24.8 Å². The van der Waals surface area contributed by atoms with E-state index in [9.17, 15) is 13.0 Å². The Morgan fingerprint density at radius 2 is 1.39 bits per heavy atom. The van der Waals surface area contributed by atoms with Crippen LogP contribution in [0.1, 0.15) is 49.9 Å². The molecule has 0 spiro atoms. The third kappa shape index (κ3) is 4.74. The zero-order valence-corrected chi connectivity index (χ0v) is 35.0. The Morgan fingerprint density at radius 3 is 2.02 bits per heavy atom. The van der Waals surface area contributed by atoms with E-state index in [0.29, 0.717) is 22.2 Å². The summed E-state index contributed by atoms with van der Waals surface area (Å²) >= 11 is 17.9. The van der Waals surface area contributed by atoms with Crippen molar-refractivity contribution >= 4 is 87.4 Å². The minimum Gasteiger partial charge on any atom is -0.744 e. The fraction of sp³-hybridized carbons (Fsp3) is 0.186. The molecule has 6 nitrogen and oxygen atoms in total. The van der Waals surface area contributed by atoms with Crippen LogP contribution in [0.4, 0.5) is 18.9 Å². The molecule has 0 unspecified atom stereocenters. The van der Waals surface area contributed by atoms with Gasteiger partial charge in [-0.25, -0.2) is 26.2 Å². The number of halogens is 5.